The predicted octanol–water partition coefficient (Wildman–Crippen LogP) is 4.86. The molecular formula is C25H21ClN2O4. The van der Waals surface area contributed by atoms with Crippen LogP contribution in [0.3, 0.4) is 0 Å². The van der Waals surface area contributed by atoms with E-state index in [-0.39, 0.29) is 0 Å². The summed E-state index contributed by atoms with van der Waals surface area (Å²) in [7, 11) is 1.31. The van der Waals surface area contributed by atoms with E-state index in [0.29, 0.717) is 39.8 Å². The molecule has 1 aliphatic rings. The molecule has 1 atom stereocenters. The second kappa shape index (κ2) is 9.58. The number of hydrogen-bond donors (Lipinski definition) is 2. The lowest BCUT2D eigenvalue weighted by Gasteiger charge is -2.30. The third kappa shape index (κ3) is 4.60. The fraction of sp³-hybridized carbons (Fsp3) is 0.120. The summed E-state index contributed by atoms with van der Waals surface area (Å²) in [5.74, 6) is -0.00248. The zero-order chi connectivity index (χ0) is 22.5. The molecule has 4 rings (SSSR count). The quantitative estimate of drug-likeness (QED) is 0.528. The van der Waals surface area contributed by atoms with Crippen molar-refractivity contribution >= 4 is 29.3 Å². The van der Waals surface area contributed by atoms with Crippen molar-refractivity contribution in [2.24, 2.45) is 0 Å². The summed E-state index contributed by atoms with van der Waals surface area (Å²) in [6, 6.07) is 22.6. The van der Waals surface area contributed by atoms with Crippen LogP contribution in [-0.4, -0.2) is 19.1 Å². The van der Waals surface area contributed by atoms with Crippen LogP contribution in [0.15, 0.2) is 84.4 Å². The highest BCUT2D eigenvalue weighted by Crippen LogP contribution is 2.36. The van der Waals surface area contributed by atoms with Gasteiger partial charge in [-0.05, 0) is 29.3 Å². The van der Waals surface area contributed by atoms with Crippen LogP contribution in [0.4, 0.5) is 4.79 Å². The first-order valence-electron chi connectivity index (χ1n) is 9.98. The van der Waals surface area contributed by atoms with Crippen molar-refractivity contribution in [2.75, 3.05) is 7.11 Å². The standard InChI is InChI=1S/C25H21ClN2O4/c1-31-24(29)21-22(17-7-3-2-4-8-17)27-25(30)28-23(21)19-9-5-6-10-20(19)32-15-16-11-13-18(26)14-12-16/h2-14,23H,15H2,1H3,(H2,27,28,30). The van der Waals surface area contributed by atoms with Gasteiger partial charge in [0.15, 0.2) is 0 Å². The number of methoxy groups -OCH3 is 1. The number of esters is 1. The molecule has 1 unspecified atom stereocenters. The first-order valence-corrected chi connectivity index (χ1v) is 10.4. The lowest BCUT2D eigenvalue weighted by Crippen LogP contribution is -2.45. The molecule has 0 bridgehead atoms. The number of para-hydroxylation sites is 1. The van der Waals surface area contributed by atoms with E-state index >= 15 is 0 Å². The van der Waals surface area contributed by atoms with Gasteiger partial charge in [-0.1, -0.05) is 72.3 Å². The van der Waals surface area contributed by atoms with E-state index in [4.69, 9.17) is 21.1 Å². The van der Waals surface area contributed by atoms with Crippen LogP contribution in [0, 0.1) is 0 Å². The number of rotatable bonds is 6. The van der Waals surface area contributed by atoms with Crippen LogP contribution in [-0.2, 0) is 16.1 Å². The van der Waals surface area contributed by atoms with Gasteiger partial charge in [-0.2, -0.15) is 0 Å². The Morgan fingerprint density at radius 3 is 2.38 bits per heavy atom. The molecule has 6 nitrogen and oxygen atoms in total. The fourth-order valence-electron chi connectivity index (χ4n) is 3.55. The van der Waals surface area contributed by atoms with Gasteiger partial charge in [0.1, 0.15) is 12.4 Å². The monoisotopic (exact) mass is 448 g/mol. The van der Waals surface area contributed by atoms with Crippen molar-refractivity contribution in [3.63, 3.8) is 0 Å². The van der Waals surface area contributed by atoms with Gasteiger partial charge in [0.05, 0.1) is 24.4 Å². The SMILES string of the molecule is COC(=O)C1=C(c2ccccc2)NC(=O)NC1c1ccccc1OCc1ccc(Cl)cc1. The molecule has 0 spiro atoms. The zero-order valence-corrected chi connectivity index (χ0v) is 18.1. The van der Waals surface area contributed by atoms with Gasteiger partial charge >= 0.3 is 12.0 Å². The molecule has 1 heterocycles. The van der Waals surface area contributed by atoms with Gasteiger partial charge in [-0.25, -0.2) is 9.59 Å². The van der Waals surface area contributed by atoms with E-state index in [1.54, 1.807) is 18.2 Å². The van der Waals surface area contributed by atoms with Gasteiger partial charge < -0.3 is 20.1 Å². The molecule has 0 saturated carbocycles. The minimum atomic E-state index is -0.757. The average Bonchev–Trinajstić information content (AvgIpc) is 2.83. The van der Waals surface area contributed by atoms with Gasteiger partial charge in [0.25, 0.3) is 0 Å². The number of urea groups is 1. The van der Waals surface area contributed by atoms with Crippen molar-refractivity contribution in [2.45, 2.75) is 12.6 Å². The first-order chi connectivity index (χ1) is 15.6. The summed E-state index contributed by atoms with van der Waals surface area (Å²) in [4.78, 5) is 25.4. The van der Waals surface area contributed by atoms with Crippen LogP contribution in [0.5, 0.6) is 5.75 Å². The highest BCUT2D eigenvalue weighted by molar-refractivity contribution is 6.30. The molecule has 0 aliphatic carbocycles. The maximum Gasteiger partial charge on any atom is 0.338 e. The molecular weight excluding hydrogens is 428 g/mol. The zero-order valence-electron chi connectivity index (χ0n) is 17.3. The summed E-state index contributed by atoms with van der Waals surface area (Å²) in [5, 5.41) is 6.24. The van der Waals surface area contributed by atoms with Crippen molar-refractivity contribution < 1.29 is 19.1 Å². The first kappa shape index (κ1) is 21.5. The second-order valence-electron chi connectivity index (χ2n) is 7.13. The van der Waals surface area contributed by atoms with Crippen molar-refractivity contribution in [1.29, 1.82) is 0 Å². The molecule has 7 heteroatoms. The summed E-state index contributed by atoms with van der Waals surface area (Å²) in [5.41, 5.74) is 2.98. The minimum Gasteiger partial charge on any atom is -0.489 e. The molecule has 0 saturated heterocycles. The Bertz CT molecular complexity index is 1160. The Balaban J connectivity index is 1.75. The number of halogens is 1. The molecule has 0 fully saturated rings. The highest BCUT2D eigenvalue weighted by Gasteiger charge is 2.35. The van der Waals surface area contributed by atoms with E-state index in [0.717, 1.165) is 5.56 Å². The lowest BCUT2D eigenvalue weighted by atomic mass is 9.92. The van der Waals surface area contributed by atoms with E-state index in [9.17, 15) is 9.59 Å². The smallest absolute Gasteiger partial charge is 0.338 e. The minimum absolute atomic E-state index is 0.292. The Hall–Kier alpha value is -3.77. The van der Waals surface area contributed by atoms with Crippen LogP contribution in [0.1, 0.15) is 22.7 Å². The largest absolute Gasteiger partial charge is 0.489 e. The number of hydrogen-bond acceptors (Lipinski definition) is 4. The van der Waals surface area contributed by atoms with Gasteiger partial charge in [-0.15, -0.1) is 0 Å². The molecule has 3 aromatic rings. The Morgan fingerprint density at radius 1 is 0.969 bits per heavy atom. The van der Waals surface area contributed by atoms with Crippen LogP contribution >= 0.6 is 11.6 Å². The molecule has 162 valence electrons. The number of ether oxygens (including phenoxy) is 2. The van der Waals surface area contributed by atoms with Crippen molar-refractivity contribution in [3.05, 3.63) is 106 Å². The molecule has 32 heavy (non-hydrogen) atoms. The lowest BCUT2D eigenvalue weighted by molar-refractivity contribution is -0.136. The fourth-order valence-corrected chi connectivity index (χ4v) is 3.68. The average molecular weight is 449 g/mol. The number of benzene rings is 3. The van der Waals surface area contributed by atoms with Gasteiger partial charge in [0.2, 0.25) is 0 Å². The van der Waals surface area contributed by atoms with Gasteiger partial charge in [0, 0.05) is 10.6 Å². The maximum atomic E-state index is 12.8. The normalized spacial score (nSPS) is 15.6. The van der Waals surface area contributed by atoms with Crippen LogP contribution < -0.4 is 15.4 Å². The van der Waals surface area contributed by atoms with E-state index in [1.807, 2.05) is 60.7 Å². The Kier molecular flexibility index (Phi) is 6.42. The molecule has 2 N–H and O–H groups in total. The summed E-state index contributed by atoms with van der Waals surface area (Å²) < 4.78 is 11.1. The summed E-state index contributed by atoms with van der Waals surface area (Å²) in [6.45, 7) is 0.302. The molecule has 0 radical (unpaired) electrons. The molecule has 2 amide bonds. The third-order valence-corrected chi connectivity index (χ3v) is 5.33. The number of nitrogens with one attached hydrogen (secondary N) is 2. The topological polar surface area (TPSA) is 76.7 Å². The van der Waals surface area contributed by atoms with Crippen LogP contribution in [0.25, 0.3) is 5.70 Å². The predicted molar refractivity (Wildman–Crippen MR) is 122 cm³/mol. The van der Waals surface area contributed by atoms with E-state index in [1.165, 1.54) is 7.11 Å². The maximum absolute atomic E-state index is 12.8. The van der Waals surface area contributed by atoms with Crippen molar-refractivity contribution in [3.8, 4) is 5.75 Å². The Morgan fingerprint density at radius 2 is 1.66 bits per heavy atom. The van der Waals surface area contributed by atoms with E-state index < -0.39 is 18.0 Å². The van der Waals surface area contributed by atoms with Crippen molar-refractivity contribution in [1.82, 2.24) is 10.6 Å². The third-order valence-electron chi connectivity index (χ3n) is 5.08. The molecule has 0 aromatic heterocycles. The van der Waals surface area contributed by atoms with Gasteiger partial charge in [-0.3, -0.25) is 0 Å². The summed E-state index contributed by atoms with van der Waals surface area (Å²) >= 11 is 5.96. The molecule has 3 aromatic carbocycles. The Labute approximate surface area is 190 Å². The van der Waals surface area contributed by atoms with Crippen LogP contribution in [0.2, 0.25) is 5.02 Å². The highest BCUT2D eigenvalue weighted by atomic mass is 35.5. The number of amides is 2. The molecule has 1 aliphatic heterocycles. The second-order valence-corrected chi connectivity index (χ2v) is 7.57. The van der Waals surface area contributed by atoms with E-state index in [2.05, 4.69) is 10.6 Å². The number of carbonyl (C=O) groups excluding carboxylic acids is 2. The summed E-state index contributed by atoms with van der Waals surface area (Å²) in [6.07, 6.45) is 0. The number of carbonyl (C=O) groups is 2.